The van der Waals surface area contributed by atoms with Crippen molar-refractivity contribution in [2.75, 3.05) is 0 Å². The molecule has 56 valence electrons. The topological polar surface area (TPSA) is 0 Å². The van der Waals surface area contributed by atoms with Crippen molar-refractivity contribution in [1.29, 1.82) is 0 Å². The number of rotatable bonds is 0. The van der Waals surface area contributed by atoms with Gasteiger partial charge in [0.1, 0.15) is 0 Å². The molecule has 0 aromatic carbocycles. The second-order valence-corrected chi connectivity index (χ2v) is 7.14. The first-order valence-electron chi connectivity index (χ1n) is 4.24. The molecule has 0 fully saturated rings. The second-order valence-electron chi connectivity index (χ2n) is 3.71. The van der Waals surface area contributed by atoms with Gasteiger partial charge in [0.25, 0.3) is 0 Å². The minimum atomic E-state index is 1.29. The van der Waals surface area contributed by atoms with Crippen LogP contribution in [0.5, 0.6) is 0 Å². The van der Waals surface area contributed by atoms with Crippen LogP contribution in [0.2, 0.25) is 0 Å². The van der Waals surface area contributed by atoms with Gasteiger partial charge in [-0.1, -0.05) is 0 Å². The third-order valence-electron chi connectivity index (χ3n) is 2.66. The molecule has 0 N–H and O–H groups in total. The SMILES string of the molecule is CC1=C2[C](=[Y])CC(C)=C2[C](=[Y])C1. The van der Waals surface area contributed by atoms with Crippen molar-refractivity contribution in [3.05, 3.63) is 22.3 Å². The molecule has 2 aliphatic rings. The van der Waals surface area contributed by atoms with E-state index in [1.807, 2.05) is 0 Å². The Kier molecular flexibility index (Phi) is 2.93. The molecule has 0 amide bonds. The molecule has 0 aromatic rings. The Labute approximate surface area is 113 Å². The van der Waals surface area contributed by atoms with Gasteiger partial charge >= 0.3 is 114 Å². The first-order valence-corrected chi connectivity index (χ1v) is 7.08. The Balaban J connectivity index is 2.64. The molecule has 0 spiro atoms. The average molecular weight is 308 g/mol. The van der Waals surface area contributed by atoms with Crippen LogP contribution in [0, 0.1) is 0 Å². The normalized spacial score (nSPS) is 23.2. The molecule has 2 aliphatic carbocycles. The van der Waals surface area contributed by atoms with E-state index in [1.165, 1.54) is 73.7 Å². The predicted octanol–water partition coefficient (Wildman–Crippen LogP) is 1.87. The average Bonchev–Trinajstić information content (AvgIpc) is 2.38. The first kappa shape index (κ1) is 9.96. The van der Waals surface area contributed by atoms with Gasteiger partial charge in [0.15, 0.2) is 0 Å². The molecule has 0 radical (unpaired) electrons. The summed E-state index contributed by atoms with van der Waals surface area (Å²) < 4.78 is 3.46. The molecule has 0 heterocycles. The fourth-order valence-corrected chi connectivity index (χ4v) is 5.65. The summed E-state index contributed by atoms with van der Waals surface area (Å²) >= 11 is 2.65. The molecular weight excluding hydrogens is 298 g/mol. The van der Waals surface area contributed by atoms with Gasteiger partial charge in [-0.05, 0) is 0 Å². The summed E-state index contributed by atoms with van der Waals surface area (Å²) in [6, 6.07) is 0. The molecule has 0 aromatic heterocycles. The van der Waals surface area contributed by atoms with E-state index < -0.39 is 0 Å². The summed E-state index contributed by atoms with van der Waals surface area (Å²) in [6.45, 7) is 4.63. The van der Waals surface area contributed by atoms with E-state index in [-0.39, 0.29) is 0 Å². The standard InChI is InChI=1S/C10H10.2Y/c1-7-3-5-10-8(2)4-6-9(7)10;;/h3-4H2,1-2H3;;. The van der Waals surface area contributed by atoms with E-state index in [4.69, 9.17) is 0 Å². The molecule has 0 unspecified atom stereocenters. The van der Waals surface area contributed by atoms with Gasteiger partial charge in [-0.15, -0.1) is 0 Å². The van der Waals surface area contributed by atoms with E-state index in [2.05, 4.69) is 13.8 Å². The van der Waals surface area contributed by atoms with Crippen molar-refractivity contribution in [2.45, 2.75) is 26.7 Å². The fourth-order valence-electron chi connectivity index (χ4n) is 2.22. The van der Waals surface area contributed by atoms with Gasteiger partial charge in [0, 0.05) is 0 Å². The molecule has 0 aliphatic heterocycles. The minimum absolute atomic E-state index is 1.29. The first-order chi connectivity index (χ1) is 5.61. The summed E-state index contributed by atoms with van der Waals surface area (Å²) in [5, 5.41) is 0. The van der Waals surface area contributed by atoms with Crippen molar-refractivity contribution in [3.8, 4) is 0 Å². The third-order valence-corrected chi connectivity index (χ3v) is 5.08. The molecule has 0 nitrogen and oxygen atoms in total. The van der Waals surface area contributed by atoms with Crippen LogP contribution >= 0.6 is 0 Å². The van der Waals surface area contributed by atoms with E-state index in [0.29, 0.717) is 0 Å². The van der Waals surface area contributed by atoms with Crippen LogP contribution < -0.4 is 0 Å². The Hall–Kier alpha value is 1.43. The summed E-state index contributed by atoms with van der Waals surface area (Å²) in [6.07, 6.45) is 2.57. The fraction of sp³-hybridized carbons (Fsp3) is 0.400. The Bertz CT molecular complexity index is 320. The van der Waals surface area contributed by atoms with E-state index in [1.54, 1.807) is 26.9 Å². The molecule has 0 saturated carbocycles. The van der Waals surface area contributed by atoms with E-state index >= 15 is 0 Å². The molecule has 2 heteroatoms. The molecule has 0 saturated heterocycles. The van der Waals surface area contributed by atoms with Crippen LogP contribution in [0.1, 0.15) is 26.7 Å². The summed E-state index contributed by atoms with van der Waals surface area (Å²) in [5.41, 5.74) is 6.65. The molecular formula is C10H10Y2. The van der Waals surface area contributed by atoms with Crippen molar-refractivity contribution < 1.29 is 60.9 Å². The molecule has 12 heavy (non-hydrogen) atoms. The van der Waals surface area contributed by atoms with Crippen molar-refractivity contribution in [2.24, 2.45) is 0 Å². The number of hydrogen-bond donors (Lipinski definition) is 0. The van der Waals surface area contributed by atoms with Crippen molar-refractivity contribution in [1.82, 2.24) is 0 Å². The maximum atomic E-state index is 2.31. The van der Waals surface area contributed by atoms with E-state index in [9.17, 15) is 0 Å². The van der Waals surface area contributed by atoms with Crippen LogP contribution in [0.15, 0.2) is 22.3 Å². The van der Waals surface area contributed by atoms with Gasteiger partial charge < -0.3 is 0 Å². The van der Waals surface area contributed by atoms with Crippen LogP contribution in [-0.2, 0) is 60.9 Å². The summed E-state index contributed by atoms with van der Waals surface area (Å²) in [5.74, 6) is 0. The van der Waals surface area contributed by atoms with Crippen LogP contribution in [0.4, 0.5) is 0 Å². The van der Waals surface area contributed by atoms with Gasteiger partial charge in [-0.3, -0.25) is 0 Å². The molecule has 2 rings (SSSR count). The van der Waals surface area contributed by atoms with Gasteiger partial charge in [0.05, 0.1) is 0 Å². The number of fused-ring (bicyclic) bond motifs is 1. The second kappa shape index (κ2) is 3.53. The Morgan fingerprint density at radius 1 is 0.833 bits per heavy atom. The zero-order chi connectivity index (χ0) is 8.88. The zero-order valence-corrected chi connectivity index (χ0v) is 13.2. The van der Waals surface area contributed by atoms with Gasteiger partial charge in [-0.2, -0.15) is 0 Å². The Morgan fingerprint density at radius 2 is 1.17 bits per heavy atom. The monoisotopic (exact) mass is 308 g/mol. The van der Waals surface area contributed by atoms with Crippen molar-refractivity contribution >= 4 is 4.60 Å². The van der Waals surface area contributed by atoms with Crippen molar-refractivity contribution in [3.63, 3.8) is 0 Å². The van der Waals surface area contributed by atoms with Gasteiger partial charge in [0.2, 0.25) is 0 Å². The quantitative estimate of drug-likeness (QED) is 0.641. The van der Waals surface area contributed by atoms with E-state index in [0.717, 1.165) is 0 Å². The zero-order valence-electron chi connectivity index (χ0n) is 7.57. The van der Waals surface area contributed by atoms with Crippen LogP contribution in [-0.4, -0.2) is 4.60 Å². The maximum absolute atomic E-state index is 2.31. The van der Waals surface area contributed by atoms with Crippen LogP contribution in [0.3, 0.4) is 0 Å². The Morgan fingerprint density at radius 3 is 1.50 bits per heavy atom. The summed E-state index contributed by atoms with van der Waals surface area (Å²) in [7, 11) is 0. The summed E-state index contributed by atoms with van der Waals surface area (Å²) in [4.78, 5) is 0. The number of hydrogen-bond acceptors (Lipinski definition) is 0. The predicted molar refractivity (Wildman–Crippen MR) is 44.6 cm³/mol. The molecule has 0 atom stereocenters. The van der Waals surface area contributed by atoms with Gasteiger partial charge in [-0.25, -0.2) is 0 Å². The number of allylic oxidation sites excluding steroid dienone is 4. The molecule has 0 bridgehead atoms. The van der Waals surface area contributed by atoms with Crippen LogP contribution in [0.25, 0.3) is 0 Å². The third kappa shape index (κ3) is 1.43.